The minimum absolute atomic E-state index is 0.874. The van der Waals surface area contributed by atoms with Crippen LogP contribution in [-0.4, -0.2) is 4.62 Å². The van der Waals surface area contributed by atoms with E-state index in [9.17, 15) is 0 Å². The maximum absolute atomic E-state index is 3.94. The lowest BCUT2D eigenvalue weighted by Crippen LogP contribution is -1.68. The third-order valence-electron chi connectivity index (χ3n) is 0.572. The highest BCUT2D eigenvalue weighted by Gasteiger charge is 2.03. The second kappa shape index (κ2) is 2.09. The molecule has 0 saturated heterocycles. The fraction of sp³-hybridized carbons (Fsp3) is 0. The van der Waals surface area contributed by atoms with Crippen molar-refractivity contribution >= 4 is 36.5 Å². The molecule has 0 fully saturated rings. The fourth-order valence-electron chi connectivity index (χ4n) is 0.314. The van der Waals surface area contributed by atoms with Gasteiger partial charge in [0.15, 0.2) is 4.95 Å². The summed E-state index contributed by atoms with van der Waals surface area (Å²) in [5.41, 5.74) is 0. The van der Waals surface area contributed by atoms with E-state index < -0.39 is 0 Å². The zero-order valence-corrected chi connectivity index (χ0v) is 6.53. The normalized spacial score (nSPS) is 20.6. The van der Waals surface area contributed by atoms with Crippen LogP contribution in [-0.2, 0) is 0 Å². The number of rotatable bonds is 0. The van der Waals surface area contributed by atoms with Crippen LogP contribution in [0.4, 0.5) is 0 Å². The zero-order chi connectivity index (χ0) is 5.28. The van der Waals surface area contributed by atoms with Gasteiger partial charge in [0.2, 0.25) is 0 Å². The lowest BCUT2D eigenvalue weighted by molar-refractivity contribution is 1.44. The predicted molar refractivity (Wildman–Crippen MR) is 37.7 cm³/mol. The maximum atomic E-state index is 3.94. The second-order valence-electron chi connectivity index (χ2n) is 1.09. The van der Waals surface area contributed by atoms with Crippen molar-refractivity contribution in [3.63, 3.8) is 0 Å². The van der Waals surface area contributed by atoms with Crippen LogP contribution >= 0.6 is 31.9 Å². The van der Waals surface area contributed by atoms with E-state index in [0.717, 1.165) is 9.57 Å². The molecule has 37 valence electrons. The first-order valence-corrected chi connectivity index (χ1v) is 3.32. The van der Waals surface area contributed by atoms with Gasteiger partial charge in [-0.3, -0.25) is 4.99 Å². The molecule has 0 aromatic heterocycles. The average molecular weight is 224 g/mol. The molecule has 0 aromatic carbocycles. The molecule has 0 spiro atoms. The summed E-state index contributed by atoms with van der Waals surface area (Å²) in [6.45, 7) is 0. The Labute approximate surface area is 58.8 Å². The quantitative estimate of drug-likeness (QED) is 0.559. The van der Waals surface area contributed by atoms with Crippen molar-refractivity contribution in [2.75, 3.05) is 0 Å². The molecule has 1 rings (SSSR count). The van der Waals surface area contributed by atoms with E-state index in [2.05, 4.69) is 36.9 Å². The van der Waals surface area contributed by atoms with Gasteiger partial charge in [0, 0.05) is 0 Å². The van der Waals surface area contributed by atoms with Crippen molar-refractivity contribution in [3.05, 3.63) is 17.1 Å². The molecule has 0 unspecified atom stereocenters. The Balaban J connectivity index is 2.69. The first kappa shape index (κ1) is 5.51. The van der Waals surface area contributed by atoms with Crippen molar-refractivity contribution in [2.24, 2.45) is 4.99 Å². The van der Waals surface area contributed by atoms with Gasteiger partial charge in [-0.2, -0.15) is 0 Å². The van der Waals surface area contributed by atoms with Gasteiger partial charge in [-0.05, 0) is 28.1 Å². The lowest BCUT2D eigenvalue weighted by atomic mass is 10.6. The Kier molecular flexibility index (Phi) is 1.65. The Morgan fingerprint density at radius 2 is 2.00 bits per heavy atom. The number of allylic oxidation sites excluding steroid dienone is 1. The largest absolute Gasteiger partial charge is 0.252 e. The van der Waals surface area contributed by atoms with Gasteiger partial charge < -0.3 is 0 Å². The summed E-state index contributed by atoms with van der Waals surface area (Å²) in [5, 5.41) is 0. The maximum Gasteiger partial charge on any atom is 0.173 e. The smallest absolute Gasteiger partial charge is 0.173 e. The van der Waals surface area contributed by atoms with Crippen LogP contribution in [0.2, 0.25) is 0 Å². The van der Waals surface area contributed by atoms with Crippen LogP contribution in [0, 0.1) is 4.95 Å². The Bertz CT molecular complexity index is 128. The van der Waals surface area contributed by atoms with E-state index in [0.29, 0.717) is 0 Å². The molecule has 0 N–H and O–H groups in total. The summed E-state index contributed by atoms with van der Waals surface area (Å²) in [4.78, 5) is 4.82. The Morgan fingerprint density at radius 1 is 1.29 bits per heavy atom. The molecule has 1 radical (unpaired) electrons. The van der Waals surface area contributed by atoms with E-state index >= 15 is 0 Å². The summed E-state index contributed by atoms with van der Waals surface area (Å²) < 4.78 is 0.874. The van der Waals surface area contributed by atoms with Crippen molar-refractivity contribution in [1.29, 1.82) is 0 Å². The topological polar surface area (TPSA) is 12.4 Å². The molecule has 0 aromatic rings. The number of hydrogen-bond acceptors (Lipinski definition) is 1. The molecule has 3 heteroatoms. The monoisotopic (exact) mass is 222 g/mol. The van der Waals surface area contributed by atoms with Gasteiger partial charge >= 0.3 is 0 Å². The highest BCUT2D eigenvalue weighted by Crippen LogP contribution is 2.20. The van der Waals surface area contributed by atoms with Crippen LogP contribution in [0.5, 0.6) is 0 Å². The second-order valence-corrected chi connectivity index (χ2v) is 2.72. The van der Waals surface area contributed by atoms with Crippen LogP contribution in [0.1, 0.15) is 0 Å². The number of halogens is 2. The number of aliphatic imine (C=N–C) groups is 1. The highest BCUT2D eigenvalue weighted by molar-refractivity contribution is 9.18. The summed E-state index contributed by atoms with van der Waals surface area (Å²) in [6.07, 6.45) is 3.76. The molecule has 1 nitrogen and oxygen atoms in total. The molecule has 1 aliphatic rings. The van der Waals surface area contributed by atoms with Crippen LogP contribution in [0.3, 0.4) is 0 Å². The Hall–Kier alpha value is 0.370. The standard InChI is InChI=1S/C4H2Br2N/c5-3-1-2-4(6)7-3/h1-2H. The van der Waals surface area contributed by atoms with E-state index in [4.69, 9.17) is 0 Å². The van der Waals surface area contributed by atoms with E-state index in [1.807, 2.05) is 12.2 Å². The van der Waals surface area contributed by atoms with Gasteiger partial charge in [0.05, 0.1) is 0 Å². The Morgan fingerprint density at radius 3 is 2.14 bits per heavy atom. The molecule has 0 saturated carbocycles. The van der Waals surface area contributed by atoms with Crippen molar-refractivity contribution < 1.29 is 0 Å². The van der Waals surface area contributed by atoms with Crippen molar-refractivity contribution in [1.82, 2.24) is 0 Å². The third-order valence-corrected chi connectivity index (χ3v) is 1.46. The minimum Gasteiger partial charge on any atom is -0.252 e. The van der Waals surface area contributed by atoms with Gasteiger partial charge in [-0.15, -0.1) is 0 Å². The summed E-state index contributed by atoms with van der Waals surface area (Å²) in [7, 11) is 0. The van der Waals surface area contributed by atoms with Gasteiger partial charge in [0.1, 0.15) is 4.62 Å². The summed E-state index contributed by atoms with van der Waals surface area (Å²) in [6, 6.07) is 0. The van der Waals surface area contributed by atoms with Gasteiger partial charge in [0.25, 0.3) is 0 Å². The molecule has 0 atom stereocenters. The first-order valence-electron chi connectivity index (χ1n) is 1.74. The molecule has 0 aliphatic carbocycles. The van der Waals surface area contributed by atoms with E-state index in [-0.39, 0.29) is 0 Å². The van der Waals surface area contributed by atoms with Crippen LogP contribution in [0.25, 0.3) is 0 Å². The van der Waals surface area contributed by atoms with E-state index in [1.54, 1.807) is 0 Å². The molecule has 1 aliphatic heterocycles. The van der Waals surface area contributed by atoms with Crippen molar-refractivity contribution in [2.45, 2.75) is 0 Å². The summed E-state index contributed by atoms with van der Waals surface area (Å²) in [5.74, 6) is 0. The average Bonchev–Trinajstić information content (AvgIpc) is 1.87. The molecule has 0 amide bonds. The molecular formula is C4H2Br2N. The molecular weight excluding hydrogens is 222 g/mol. The van der Waals surface area contributed by atoms with Gasteiger partial charge in [-0.1, -0.05) is 15.9 Å². The van der Waals surface area contributed by atoms with Gasteiger partial charge in [-0.25, -0.2) is 0 Å². The fourth-order valence-corrected chi connectivity index (χ4v) is 1.20. The van der Waals surface area contributed by atoms with Crippen LogP contribution in [0.15, 0.2) is 17.1 Å². The molecule has 1 heterocycles. The number of nitrogens with zero attached hydrogens (tertiary/aromatic N) is 1. The minimum atomic E-state index is 0.874. The lowest BCUT2D eigenvalue weighted by Gasteiger charge is -1.81. The first-order chi connectivity index (χ1) is 3.29. The highest BCUT2D eigenvalue weighted by atomic mass is 79.9. The zero-order valence-electron chi connectivity index (χ0n) is 3.36. The summed E-state index contributed by atoms with van der Waals surface area (Å²) >= 11 is 6.38. The molecule has 7 heavy (non-hydrogen) atoms. The predicted octanol–water partition coefficient (Wildman–Crippen LogP) is 2.23. The van der Waals surface area contributed by atoms with E-state index in [1.165, 1.54) is 0 Å². The van der Waals surface area contributed by atoms with Crippen LogP contribution < -0.4 is 0 Å². The number of hydrogen-bond donors (Lipinski definition) is 0. The third kappa shape index (κ3) is 1.39. The molecule has 0 bridgehead atoms. The SMILES string of the molecule is Br[C]1C=CC(Br)=N1. The van der Waals surface area contributed by atoms with Crippen molar-refractivity contribution in [3.8, 4) is 0 Å².